The van der Waals surface area contributed by atoms with E-state index in [0.29, 0.717) is 6.42 Å². The normalized spacial score (nSPS) is 37.4. The summed E-state index contributed by atoms with van der Waals surface area (Å²) < 4.78 is 0. The maximum Gasteiger partial charge on any atom is 0.225 e. The van der Waals surface area contributed by atoms with Crippen LogP contribution in [0.1, 0.15) is 65.2 Å². The monoisotopic (exact) mass is 293 g/mol. The van der Waals surface area contributed by atoms with Crippen LogP contribution < -0.4 is 0 Å². The van der Waals surface area contributed by atoms with Crippen molar-refractivity contribution in [1.82, 2.24) is 4.90 Å². The van der Waals surface area contributed by atoms with Crippen LogP contribution >= 0.6 is 0 Å². The molecule has 1 N–H and O–H groups in total. The molecule has 21 heavy (non-hydrogen) atoms. The van der Waals surface area contributed by atoms with E-state index in [2.05, 4.69) is 18.7 Å². The Labute approximate surface area is 129 Å². The van der Waals surface area contributed by atoms with Gasteiger partial charge in [0.2, 0.25) is 5.91 Å². The molecule has 1 saturated heterocycles. The summed E-state index contributed by atoms with van der Waals surface area (Å²) in [5.41, 5.74) is -0.689. The van der Waals surface area contributed by atoms with Crippen molar-refractivity contribution in [3.8, 4) is 0 Å². The Morgan fingerprint density at radius 3 is 2.57 bits per heavy atom. The molecule has 0 aromatic heterocycles. The molecule has 3 fully saturated rings. The zero-order chi connectivity index (χ0) is 15.0. The highest BCUT2D eigenvalue weighted by Crippen LogP contribution is 2.52. The summed E-state index contributed by atoms with van der Waals surface area (Å²) in [6.07, 6.45) is 8.08. The smallest absolute Gasteiger partial charge is 0.225 e. The molecule has 3 heteroatoms. The van der Waals surface area contributed by atoms with E-state index in [-0.39, 0.29) is 5.91 Å². The molecule has 0 aromatic rings. The zero-order valence-electron chi connectivity index (χ0n) is 13.7. The fourth-order valence-corrected chi connectivity index (χ4v) is 5.15. The molecule has 3 nitrogen and oxygen atoms in total. The molecule has 0 spiro atoms. The van der Waals surface area contributed by atoms with Gasteiger partial charge in [0.05, 0.1) is 12.0 Å². The van der Waals surface area contributed by atoms with Crippen molar-refractivity contribution in [3.05, 3.63) is 0 Å². The molecule has 1 heterocycles. The van der Waals surface area contributed by atoms with E-state index in [4.69, 9.17) is 0 Å². The van der Waals surface area contributed by atoms with Gasteiger partial charge in [-0.2, -0.15) is 0 Å². The van der Waals surface area contributed by atoms with Crippen LogP contribution in [0.15, 0.2) is 0 Å². The van der Waals surface area contributed by atoms with Crippen molar-refractivity contribution in [2.75, 3.05) is 13.1 Å². The van der Waals surface area contributed by atoms with E-state index in [1.54, 1.807) is 0 Å². The number of rotatable bonds is 5. The van der Waals surface area contributed by atoms with E-state index in [0.717, 1.165) is 62.4 Å². The average molecular weight is 293 g/mol. The minimum absolute atomic E-state index is 0.204. The molecule has 3 rings (SSSR count). The third kappa shape index (κ3) is 2.86. The Kier molecular flexibility index (Phi) is 4.31. The van der Waals surface area contributed by atoms with Crippen molar-refractivity contribution in [3.63, 3.8) is 0 Å². The number of amides is 1. The van der Waals surface area contributed by atoms with Gasteiger partial charge >= 0.3 is 0 Å². The van der Waals surface area contributed by atoms with Crippen LogP contribution in [0.2, 0.25) is 0 Å². The molecule has 0 bridgehead atoms. The summed E-state index contributed by atoms with van der Waals surface area (Å²) in [6, 6.07) is 0. The van der Waals surface area contributed by atoms with Crippen LogP contribution in [0.3, 0.4) is 0 Å². The average Bonchev–Trinajstić information content (AvgIpc) is 3.04. The second kappa shape index (κ2) is 5.91. The first-order valence-electron chi connectivity index (χ1n) is 9.04. The van der Waals surface area contributed by atoms with Crippen molar-refractivity contribution in [2.24, 2.45) is 23.7 Å². The number of carbonyl (C=O) groups excluding carboxylic acids is 1. The maximum atomic E-state index is 12.5. The van der Waals surface area contributed by atoms with E-state index in [9.17, 15) is 9.90 Å². The van der Waals surface area contributed by atoms with Gasteiger partial charge < -0.3 is 10.0 Å². The topological polar surface area (TPSA) is 40.5 Å². The molecule has 1 aliphatic heterocycles. The molecule has 0 aromatic carbocycles. The first-order chi connectivity index (χ1) is 10.0. The van der Waals surface area contributed by atoms with E-state index >= 15 is 0 Å². The van der Waals surface area contributed by atoms with E-state index in [1.807, 2.05) is 0 Å². The SMILES string of the molecule is CCCCC1C(C)C2CN(C(=O)CC3(O)CCCC3)CC12. The number of fused-ring (bicyclic) bond motifs is 1. The van der Waals surface area contributed by atoms with Gasteiger partial charge in [-0.15, -0.1) is 0 Å². The van der Waals surface area contributed by atoms with Crippen LogP contribution in [-0.2, 0) is 4.79 Å². The lowest BCUT2D eigenvalue weighted by molar-refractivity contribution is -0.135. The van der Waals surface area contributed by atoms with Gasteiger partial charge in [-0.1, -0.05) is 39.5 Å². The summed E-state index contributed by atoms with van der Waals surface area (Å²) >= 11 is 0. The van der Waals surface area contributed by atoms with Crippen molar-refractivity contribution in [1.29, 1.82) is 0 Å². The largest absolute Gasteiger partial charge is 0.389 e. The van der Waals surface area contributed by atoms with Gasteiger partial charge in [-0.05, 0) is 42.9 Å². The van der Waals surface area contributed by atoms with Gasteiger partial charge in [0.1, 0.15) is 0 Å². The number of nitrogens with zero attached hydrogens (tertiary/aromatic N) is 1. The fourth-order valence-electron chi connectivity index (χ4n) is 5.15. The van der Waals surface area contributed by atoms with Crippen molar-refractivity contribution in [2.45, 2.75) is 70.8 Å². The maximum absolute atomic E-state index is 12.5. The second-order valence-electron chi connectivity index (χ2n) is 7.90. The Morgan fingerprint density at radius 1 is 1.24 bits per heavy atom. The Bertz CT molecular complexity index is 389. The molecule has 0 radical (unpaired) electrons. The van der Waals surface area contributed by atoms with Crippen LogP contribution in [0.25, 0.3) is 0 Å². The first-order valence-corrected chi connectivity index (χ1v) is 9.04. The van der Waals surface area contributed by atoms with Gasteiger partial charge in [0.25, 0.3) is 0 Å². The number of likely N-dealkylation sites (tertiary alicyclic amines) is 1. The van der Waals surface area contributed by atoms with E-state index in [1.165, 1.54) is 19.3 Å². The minimum atomic E-state index is -0.689. The molecule has 4 unspecified atom stereocenters. The number of hydrogen-bond acceptors (Lipinski definition) is 2. The predicted octanol–water partition coefficient (Wildman–Crippen LogP) is 3.21. The summed E-state index contributed by atoms with van der Waals surface area (Å²) in [7, 11) is 0. The molecule has 3 aliphatic rings. The van der Waals surface area contributed by atoms with Crippen LogP contribution in [0, 0.1) is 23.7 Å². The molecule has 4 atom stereocenters. The molecule has 2 saturated carbocycles. The van der Waals surface area contributed by atoms with Crippen LogP contribution in [-0.4, -0.2) is 34.6 Å². The number of aliphatic hydroxyl groups is 1. The summed E-state index contributed by atoms with van der Waals surface area (Å²) in [5, 5.41) is 10.4. The summed E-state index contributed by atoms with van der Waals surface area (Å²) in [5.74, 6) is 3.30. The number of carbonyl (C=O) groups is 1. The molecular weight excluding hydrogens is 262 g/mol. The van der Waals surface area contributed by atoms with Crippen LogP contribution in [0.5, 0.6) is 0 Å². The Hall–Kier alpha value is -0.570. The summed E-state index contributed by atoms with van der Waals surface area (Å²) in [6.45, 7) is 6.54. The van der Waals surface area contributed by atoms with Crippen LogP contribution in [0.4, 0.5) is 0 Å². The van der Waals surface area contributed by atoms with Gasteiger partial charge in [-0.25, -0.2) is 0 Å². The fraction of sp³-hybridized carbons (Fsp3) is 0.944. The quantitative estimate of drug-likeness (QED) is 0.845. The molecule has 1 amide bonds. The minimum Gasteiger partial charge on any atom is -0.389 e. The lowest BCUT2D eigenvalue weighted by Crippen LogP contribution is -2.44. The summed E-state index contributed by atoms with van der Waals surface area (Å²) in [4.78, 5) is 14.6. The lowest BCUT2D eigenvalue weighted by Gasteiger charge is -2.46. The lowest BCUT2D eigenvalue weighted by atomic mass is 9.57. The van der Waals surface area contributed by atoms with Gasteiger partial charge in [-0.3, -0.25) is 4.79 Å². The molecular formula is C18H31NO2. The number of unbranched alkanes of at least 4 members (excludes halogenated alkanes) is 1. The highest BCUT2D eigenvalue weighted by atomic mass is 16.3. The third-order valence-corrected chi connectivity index (χ3v) is 6.57. The first kappa shape index (κ1) is 15.3. The van der Waals surface area contributed by atoms with Crippen molar-refractivity contribution >= 4 is 5.91 Å². The molecule has 120 valence electrons. The second-order valence-corrected chi connectivity index (χ2v) is 7.90. The molecule has 2 aliphatic carbocycles. The standard InChI is InChI=1S/C18H31NO2/c1-3-4-7-14-13(2)15-11-19(12-16(14)15)17(20)10-18(21)8-5-6-9-18/h13-16,21H,3-12H2,1-2H3. The highest BCUT2D eigenvalue weighted by molar-refractivity contribution is 5.77. The zero-order valence-corrected chi connectivity index (χ0v) is 13.7. The Balaban J connectivity index is 1.53. The highest BCUT2D eigenvalue weighted by Gasteiger charge is 2.53. The Morgan fingerprint density at radius 2 is 1.90 bits per heavy atom. The van der Waals surface area contributed by atoms with Crippen molar-refractivity contribution < 1.29 is 9.90 Å². The predicted molar refractivity (Wildman–Crippen MR) is 83.8 cm³/mol. The van der Waals surface area contributed by atoms with Gasteiger partial charge in [0, 0.05) is 13.1 Å². The third-order valence-electron chi connectivity index (χ3n) is 6.57. The van der Waals surface area contributed by atoms with E-state index < -0.39 is 5.60 Å². The number of hydrogen-bond donors (Lipinski definition) is 1. The van der Waals surface area contributed by atoms with Gasteiger partial charge in [0.15, 0.2) is 0 Å².